The van der Waals surface area contributed by atoms with Crippen molar-refractivity contribution in [1.29, 1.82) is 0 Å². The zero-order valence-electron chi connectivity index (χ0n) is 15.0. The number of nitrogens with zero attached hydrogens (tertiary/aromatic N) is 3. The average molecular weight is 356 g/mol. The summed E-state index contributed by atoms with van der Waals surface area (Å²) in [5.74, 6) is 2.49. The molecule has 0 saturated heterocycles. The zero-order valence-corrected chi connectivity index (χ0v) is 15.0. The molecule has 27 heavy (non-hydrogen) atoms. The van der Waals surface area contributed by atoms with Crippen molar-refractivity contribution in [1.82, 2.24) is 15.2 Å². The molecule has 3 aliphatic rings. The lowest BCUT2D eigenvalue weighted by Gasteiger charge is -2.03. The Labute approximate surface area is 156 Å². The van der Waals surface area contributed by atoms with E-state index < -0.39 is 0 Å². The van der Waals surface area contributed by atoms with Crippen LogP contribution in [0.4, 0.5) is 0 Å². The topological polar surface area (TPSA) is 67.1 Å². The first-order valence-electron chi connectivity index (χ1n) is 9.76. The lowest BCUT2D eigenvalue weighted by atomic mass is 10.1. The number of aliphatic imine (C=N–C) groups is 1. The van der Waals surface area contributed by atoms with Crippen molar-refractivity contribution in [3.05, 3.63) is 54.1 Å². The minimum atomic E-state index is 0.469. The summed E-state index contributed by atoms with van der Waals surface area (Å²) in [4.78, 5) is 8.37. The standard InChI is InChI=1S/C22H20N4O/c1-2-4-20(24-18(3-1)13-5-6-13)17-12-23-19-10-9-15(11-16(17)19)22-26-25-21(27-22)14-7-8-14/h1,3-4,9-14,23H,2,5-8H2. The van der Waals surface area contributed by atoms with E-state index >= 15 is 0 Å². The lowest BCUT2D eigenvalue weighted by Crippen LogP contribution is -1.96. The minimum Gasteiger partial charge on any atom is -0.420 e. The summed E-state index contributed by atoms with van der Waals surface area (Å²) in [6, 6.07) is 6.25. The fourth-order valence-corrected chi connectivity index (χ4v) is 3.68. The Morgan fingerprint density at radius 2 is 1.93 bits per heavy atom. The van der Waals surface area contributed by atoms with Gasteiger partial charge in [0.1, 0.15) is 0 Å². The maximum atomic E-state index is 5.90. The Hall–Kier alpha value is -2.95. The van der Waals surface area contributed by atoms with E-state index in [9.17, 15) is 0 Å². The highest BCUT2D eigenvalue weighted by atomic mass is 16.4. The second-order valence-electron chi connectivity index (χ2n) is 7.72. The molecule has 0 radical (unpaired) electrons. The highest BCUT2D eigenvalue weighted by Crippen LogP contribution is 2.40. The largest absolute Gasteiger partial charge is 0.420 e. The number of allylic oxidation sites excluding steroid dienone is 3. The third-order valence-corrected chi connectivity index (χ3v) is 5.55. The molecule has 0 unspecified atom stereocenters. The number of fused-ring (bicyclic) bond motifs is 1. The Morgan fingerprint density at radius 1 is 1.04 bits per heavy atom. The molecule has 2 aliphatic carbocycles. The summed E-state index contributed by atoms with van der Waals surface area (Å²) in [7, 11) is 0. The molecule has 134 valence electrons. The van der Waals surface area contributed by atoms with Crippen molar-refractivity contribution < 1.29 is 4.42 Å². The predicted molar refractivity (Wildman–Crippen MR) is 105 cm³/mol. The number of aromatic amines is 1. The number of rotatable bonds is 4. The van der Waals surface area contributed by atoms with Crippen LogP contribution in [0, 0.1) is 5.92 Å². The third kappa shape index (κ3) is 2.74. The predicted octanol–water partition coefficient (Wildman–Crippen LogP) is 5.25. The van der Waals surface area contributed by atoms with E-state index in [1.165, 1.54) is 18.6 Å². The molecule has 0 atom stereocenters. The second-order valence-corrected chi connectivity index (χ2v) is 7.72. The number of benzene rings is 1. The van der Waals surface area contributed by atoms with Crippen molar-refractivity contribution >= 4 is 22.3 Å². The van der Waals surface area contributed by atoms with Gasteiger partial charge in [-0.15, -0.1) is 10.2 Å². The van der Waals surface area contributed by atoms with Crippen LogP contribution in [-0.2, 0) is 0 Å². The van der Waals surface area contributed by atoms with Crippen LogP contribution in [0.15, 0.2) is 52.0 Å². The van der Waals surface area contributed by atoms with E-state index in [4.69, 9.17) is 9.41 Å². The Balaban J connectivity index is 1.42. The average Bonchev–Trinajstić information content (AvgIpc) is 3.61. The molecule has 5 heteroatoms. The van der Waals surface area contributed by atoms with Crippen LogP contribution >= 0.6 is 0 Å². The SMILES string of the molecule is C1=CC(C2CC2)=NC(c2c[nH]c3ccc(-c4nnc(C5CC5)o4)cc23)=CC1. The van der Waals surface area contributed by atoms with Gasteiger partial charge in [-0.25, -0.2) is 0 Å². The van der Waals surface area contributed by atoms with Gasteiger partial charge in [-0.05, 0) is 56.4 Å². The van der Waals surface area contributed by atoms with Gasteiger partial charge in [0.15, 0.2) is 0 Å². The number of H-pyrrole nitrogens is 1. The number of aromatic nitrogens is 3. The summed E-state index contributed by atoms with van der Waals surface area (Å²) < 4.78 is 5.90. The molecule has 3 heterocycles. The Morgan fingerprint density at radius 3 is 2.78 bits per heavy atom. The highest BCUT2D eigenvalue weighted by molar-refractivity contribution is 6.04. The van der Waals surface area contributed by atoms with E-state index in [-0.39, 0.29) is 0 Å². The highest BCUT2D eigenvalue weighted by Gasteiger charge is 2.30. The van der Waals surface area contributed by atoms with Crippen LogP contribution in [0.3, 0.4) is 0 Å². The van der Waals surface area contributed by atoms with Gasteiger partial charge in [-0.3, -0.25) is 4.99 Å². The van der Waals surface area contributed by atoms with Crippen molar-refractivity contribution in [2.75, 3.05) is 0 Å². The van der Waals surface area contributed by atoms with Crippen LogP contribution < -0.4 is 0 Å². The monoisotopic (exact) mass is 356 g/mol. The molecule has 0 spiro atoms. The molecule has 1 aliphatic heterocycles. The fraction of sp³-hybridized carbons (Fsp3) is 0.318. The Kier molecular flexibility index (Phi) is 3.24. The van der Waals surface area contributed by atoms with Gasteiger partial charge in [0.25, 0.3) is 0 Å². The van der Waals surface area contributed by atoms with Gasteiger partial charge in [0.2, 0.25) is 11.8 Å². The fourth-order valence-electron chi connectivity index (χ4n) is 3.68. The van der Waals surface area contributed by atoms with Crippen LogP contribution in [0.5, 0.6) is 0 Å². The van der Waals surface area contributed by atoms with E-state index in [0.717, 1.165) is 52.9 Å². The summed E-state index contributed by atoms with van der Waals surface area (Å²) in [6.07, 6.45) is 14.4. The van der Waals surface area contributed by atoms with Crippen LogP contribution in [0.2, 0.25) is 0 Å². The Bertz CT molecular complexity index is 1120. The van der Waals surface area contributed by atoms with E-state index in [1.807, 2.05) is 6.07 Å². The van der Waals surface area contributed by atoms with Crippen molar-refractivity contribution in [2.45, 2.75) is 38.0 Å². The summed E-state index contributed by atoms with van der Waals surface area (Å²) in [5, 5.41) is 9.62. The molecule has 6 rings (SSSR count). The lowest BCUT2D eigenvalue weighted by molar-refractivity contribution is 0.508. The normalized spacial score (nSPS) is 19.9. The van der Waals surface area contributed by atoms with Crippen LogP contribution in [0.25, 0.3) is 28.1 Å². The number of hydrogen-bond acceptors (Lipinski definition) is 4. The van der Waals surface area contributed by atoms with Crippen LogP contribution in [0.1, 0.15) is 49.5 Å². The van der Waals surface area contributed by atoms with Crippen molar-refractivity contribution in [2.24, 2.45) is 10.9 Å². The first-order chi connectivity index (χ1) is 13.3. The van der Waals surface area contributed by atoms with Gasteiger partial charge in [-0.2, -0.15) is 0 Å². The molecule has 0 amide bonds. The molecule has 1 aromatic carbocycles. The molecular formula is C22H20N4O. The first-order valence-corrected chi connectivity index (χ1v) is 9.76. The summed E-state index contributed by atoms with van der Waals surface area (Å²) in [5.41, 5.74) is 5.46. The number of hydrogen-bond donors (Lipinski definition) is 1. The van der Waals surface area contributed by atoms with Crippen LogP contribution in [-0.4, -0.2) is 20.9 Å². The maximum Gasteiger partial charge on any atom is 0.247 e. The molecule has 0 bridgehead atoms. The maximum absolute atomic E-state index is 5.90. The van der Waals surface area contributed by atoms with Gasteiger partial charge in [0, 0.05) is 45.8 Å². The van der Waals surface area contributed by atoms with E-state index in [1.54, 1.807) is 0 Å². The number of nitrogens with one attached hydrogen (secondary N) is 1. The first kappa shape index (κ1) is 15.1. The second kappa shape index (κ2) is 5.78. The quantitative estimate of drug-likeness (QED) is 0.694. The third-order valence-electron chi connectivity index (χ3n) is 5.55. The van der Waals surface area contributed by atoms with Gasteiger partial charge in [0.05, 0.1) is 5.70 Å². The minimum absolute atomic E-state index is 0.469. The van der Waals surface area contributed by atoms with Gasteiger partial charge in [-0.1, -0.05) is 12.2 Å². The molecular weight excluding hydrogens is 336 g/mol. The van der Waals surface area contributed by atoms with E-state index in [0.29, 0.717) is 17.7 Å². The molecule has 1 N–H and O–H groups in total. The zero-order chi connectivity index (χ0) is 17.8. The van der Waals surface area contributed by atoms with Crippen molar-refractivity contribution in [3.63, 3.8) is 0 Å². The molecule has 3 aromatic rings. The van der Waals surface area contributed by atoms with Gasteiger partial charge < -0.3 is 9.40 Å². The summed E-state index contributed by atoms with van der Waals surface area (Å²) >= 11 is 0. The molecule has 2 saturated carbocycles. The molecule has 2 aromatic heterocycles. The van der Waals surface area contributed by atoms with E-state index in [2.05, 4.69) is 51.7 Å². The van der Waals surface area contributed by atoms with Gasteiger partial charge >= 0.3 is 0 Å². The smallest absolute Gasteiger partial charge is 0.247 e. The summed E-state index contributed by atoms with van der Waals surface area (Å²) in [6.45, 7) is 0. The molecule has 2 fully saturated rings. The molecule has 5 nitrogen and oxygen atoms in total. The van der Waals surface area contributed by atoms with Crippen molar-refractivity contribution in [3.8, 4) is 11.5 Å².